The highest BCUT2D eigenvalue weighted by Gasteiger charge is 2.27. The van der Waals surface area contributed by atoms with Gasteiger partial charge in [-0.1, -0.05) is 6.92 Å². The van der Waals surface area contributed by atoms with E-state index in [2.05, 4.69) is 0 Å². The number of carbonyl (C=O) groups is 1. The molecule has 0 heterocycles. The summed E-state index contributed by atoms with van der Waals surface area (Å²) in [5.41, 5.74) is 0.533. The summed E-state index contributed by atoms with van der Waals surface area (Å²) < 4.78 is 17.7. The van der Waals surface area contributed by atoms with Crippen molar-refractivity contribution in [3.63, 3.8) is 0 Å². The Kier molecular flexibility index (Phi) is 6.32. The average Bonchev–Trinajstić information content (AvgIpc) is 2.38. The number of carbonyl (C=O) groups excluding carboxylic acids is 1. The van der Waals surface area contributed by atoms with Crippen LogP contribution in [0.25, 0.3) is 0 Å². The Hall–Kier alpha value is -1.71. The second-order valence-electron chi connectivity index (χ2n) is 8.01. The molecule has 0 N–H and O–H groups in total. The zero-order valence-corrected chi connectivity index (χ0v) is 16.6. The van der Waals surface area contributed by atoms with Crippen LogP contribution in [0.3, 0.4) is 0 Å². The molecule has 1 rings (SSSR count). The number of ether oxygens (including phenoxy) is 3. The number of benzene rings is 1. The molecular formula is C20H32O4. The first-order valence-electron chi connectivity index (χ1n) is 8.52. The van der Waals surface area contributed by atoms with Gasteiger partial charge in [-0.2, -0.15) is 0 Å². The zero-order chi connectivity index (χ0) is 18.7. The van der Waals surface area contributed by atoms with Gasteiger partial charge in [0.2, 0.25) is 0 Å². The molecule has 0 bridgehead atoms. The molecule has 0 fully saturated rings. The van der Waals surface area contributed by atoms with Crippen molar-refractivity contribution in [1.29, 1.82) is 0 Å². The summed E-state index contributed by atoms with van der Waals surface area (Å²) >= 11 is 0. The zero-order valence-electron chi connectivity index (χ0n) is 16.6. The van der Waals surface area contributed by atoms with Crippen LogP contribution in [0.2, 0.25) is 0 Å². The van der Waals surface area contributed by atoms with E-state index in [4.69, 9.17) is 14.2 Å². The minimum atomic E-state index is -0.430. The van der Waals surface area contributed by atoms with Gasteiger partial charge in [0.05, 0.1) is 7.11 Å². The minimum absolute atomic E-state index is 0.0269. The molecule has 0 aromatic heterocycles. The number of Topliss-reactive ketones (excluding diaryl/α,β-unsaturated/α-hetero) is 1. The molecule has 1 aromatic carbocycles. The van der Waals surface area contributed by atoms with E-state index in [1.165, 1.54) is 0 Å². The van der Waals surface area contributed by atoms with Crippen molar-refractivity contribution < 1.29 is 19.0 Å². The van der Waals surface area contributed by atoms with Crippen LogP contribution in [-0.4, -0.2) is 24.1 Å². The van der Waals surface area contributed by atoms with E-state index >= 15 is 0 Å². The summed E-state index contributed by atoms with van der Waals surface area (Å²) in [6.45, 7) is 15.7. The van der Waals surface area contributed by atoms with Gasteiger partial charge in [0.25, 0.3) is 0 Å². The molecule has 0 unspecified atom stereocenters. The maximum Gasteiger partial charge on any atom is 0.170 e. The molecule has 0 amide bonds. The third kappa shape index (κ3) is 5.43. The summed E-state index contributed by atoms with van der Waals surface area (Å²) in [6, 6.07) is 1.82. The van der Waals surface area contributed by atoms with Crippen molar-refractivity contribution in [1.82, 2.24) is 0 Å². The van der Waals surface area contributed by atoms with E-state index in [0.29, 0.717) is 29.2 Å². The molecule has 0 radical (unpaired) electrons. The van der Waals surface area contributed by atoms with Gasteiger partial charge >= 0.3 is 0 Å². The molecule has 4 heteroatoms. The van der Waals surface area contributed by atoms with E-state index in [0.717, 1.165) is 12.0 Å². The first-order chi connectivity index (χ1) is 10.9. The summed E-state index contributed by atoms with van der Waals surface area (Å²) in [7, 11) is 1.58. The lowest BCUT2D eigenvalue weighted by atomic mass is 9.99. The van der Waals surface area contributed by atoms with E-state index in [-0.39, 0.29) is 11.4 Å². The molecule has 24 heavy (non-hydrogen) atoms. The summed E-state index contributed by atoms with van der Waals surface area (Å²) in [4.78, 5) is 12.7. The fraction of sp³-hybridized carbons (Fsp3) is 0.650. The van der Waals surface area contributed by atoms with Crippen LogP contribution in [-0.2, 0) is 0 Å². The summed E-state index contributed by atoms with van der Waals surface area (Å²) in [5.74, 6) is 1.75. The van der Waals surface area contributed by atoms with Gasteiger partial charge in [0.15, 0.2) is 5.78 Å². The Balaban J connectivity index is 3.59. The molecule has 0 atom stereocenters. The Morgan fingerprint density at radius 1 is 1.00 bits per heavy atom. The lowest BCUT2D eigenvalue weighted by Gasteiger charge is -2.28. The van der Waals surface area contributed by atoms with Crippen LogP contribution < -0.4 is 14.2 Å². The second-order valence-corrected chi connectivity index (χ2v) is 8.01. The molecule has 4 nitrogen and oxygen atoms in total. The van der Waals surface area contributed by atoms with Crippen molar-refractivity contribution in [3.05, 3.63) is 17.2 Å². The maximum atomic E-state index is 12.7. The molecule has 1 aromatic rings. The highest BCUT2D eigenvalue weighted by atomic mass is 16.5. The number of hydrogen-bond acceptors (Lipinski definition) is 4. The fourth-order valence-electron chi connectivity index (χ4n) is 2.43. The van der Waals surface area contributed by atoms with Gasteiger partial charge in [-0.15, -0.1) is 0 Å². The van der Waals surface area contributed by atoms with Gasteiger partial charge in [-0.3, -0.25) is 4.79 Å². The molecule has 0 spiro atoms. The van der Waals surface area contributed by atoms with Crippen LogP contribution in [0.5, 0.6) is 17.2 Å². The molecular weight excluding hydrogens is 304 g/mol. The van der Waals surface area contributed by atoms with E-state index in [1.807, 2.05) is 61.5 Å². The van der Waals surface area contributed by atoms with Crippen molar-refractivity contribution in [2.75, 3.05) is 7.11 Å². The first kappa shape index (κ1) is 20.3. The standard InChI is InChI=1S/C20H32O4/c1-10-11-14(21)17-16(24-20(6,7)8)12-15(23-19(3,4)5)13(2)18(17)22-9/h12H,10-11H2,1-9H3. The lowest BCUT2D eigenvalue weighted by molar-refractivity contribution is 0.0951. The van der Waals surface area contributed by atoms with Crippen molar-refractivity contribution in [2.45, 2.75) is 79.4 Å². The number of rotatable bonds is 6. The van der Waals surface area contributed by atoms with Crippen LogP contribution in [0, 0.1) is 6.92 Å². The smallest absolute Gasteiger partial charge is 0.170 e. The van der Waals surface area contributed by atoms with Crippen LogP contribution >= 0.6 is 0 Å². The lowest BCUT2D eigenvalue weighted by Crippen LogP contribution is -2.26. The molecule has 0 aliphatic heterocycles. The third-order valence-electron chi connectivity index (χ3n) is 3.24. The maximum absolute atomic E-state index is 12.7. The van der Waals surface area contributed by atoms with E-state index in [1.54, 1.807) is 7.11 Å². The van der Waals surface area contributed by atoms with Crippen molar-refractivity contribution >= 4 is 5.78 Å². The predicted octanol–water partition coefficient (Wildman–Crippen LogP) is 5.34. The molecule has 0 aliphatic carbocycles. The highest BCUT2D eigenvalue weighted by Crippen LogP contribution is 2.41. The monoisotopic (exact) mass is 336 g/mol. The molecule has 136 valence electrons. The Morgan fingerprint density at radius 2 is 1.50 bits per heavy atom. The van der Waals surface area contributed by atoms with Crippen LogP contribution in [0.15, 0.2) is 6.07 Å². The van der Waals surface area contributed by atoms with Crippen LogP contribution in [0.4, 0.5) is 0 Å². The number of hydrogen-bond donors (Lipinski definition) is 0. The van der Waals surface area contributed by atoms with Gasteiger partial charge in [0, 0.05) is 18.1 Å². The number of methoxy groups -OCH3 is 1. The van der Waals surface area contributed by atoms with Gasteiger partial charge in [-0.05, 0) is 54.9 Å². The van der Waals surface area contributed by atoms with Gasteiger partial charge in [0.1, 0.15) is 34.0 Å². The summed E-state index contributed by atoms with van der Waals surface area (Å²) in [5, 5.41) is 0. The van der Waals surface area contributed by atoms with Gasteiger partial charge < -0.3 is 14.2 Å². The highest BCUT2D eigenvalue weighted by molar-refractivity contribution is 6.02. The summed E-state index contributed by atoms with van der Waals surface area (Å²) in [6.07, 6.45) is 1.23. The van der Waals surface area contributed by atoms with E-state index < -0.39 is 5.60 Å². The third-order valence-corrected chi connectivity index (χ3v) is 3.24. The molecule has 0 saturated heterocycles. The molecule has 0 aliphatic rings. The fourth-order valence-corrected chi connectivity index (χ4v) is 2.43. The first-order valence-corrected chi connectivity index (χ1v) is 8.52. The Labute approximate surface area is 146 Å². The quantitative estimate of drug-likeness (QED) is 0.658. The van der Waals surface area contributed by atoms with E-state index in [9.17, 15) is 4.79 Å². The average molecular weight is 336 g/mol. The molecule has 0 saturated carbocycles. The topological polar surface area (TPSA) is 44.8 Å². The van der Waals surface area contributed by atoms with Crippen molar-refractivity contribution in [3.8, 4) is 17.2 Å². The SMILES string of the molecule is CCCC(=O)c1c(OC(C)(C)C)cc(OC(C)(C)C)c(C)c1OC. The minimum Gasteiger partial charge on any atom is -0.495 e. The van der Waals surface area contributed by atoms with Crippen molar-refractivity contribution in [2.24, 2.45) is 0 Å². The second kappa shape index (κ2) is 7.45. The normalized spacial score (nSPS) is 12.0. The Bertz CT molecular complexity index is 589. The largest absolute Gasteiger partial charge is 0.495 e. The van der Waals surface area contributed by atoms with Crippen LogP contribution in [0.1, 0.15) is 77.2 Å². The predicted molar refractivity (Wildman–Crippen MR) is 97.7 cm³/mol. The van der Waals surface area contributed by atoms with Gasteiger partial charge in [-0.25, -0.2) is 0 Å². The Morgan fingerprint density at radius 3 is 1.92 bits per heavy atom. The number of ketones is 1.